The number of hydrogen-bond donors (Lipinski definition) is 0. The van der Waals surface area contributed by atoms with Crippen molar-refractivity contribution in [3.05, 3.63) is 242 Å². The summed E-state index contributed by atoms with van der Waals surface area (Å²) in [6, 6.07) is 79.0. The van der Waals surface area contributed by atoms with E-state index in [-0.39, 0.29) is 0 Å². The van der Waals surface area contributed by atoms with Gasteiger partial charge in [0.1, 0.15) is 0 Å². The lowest BCUT2D eigenvalue weighted by molar-refractivity contribution is 1.07. The van der Waals surface area contributed by atoms with Crippen LogP contribution in [0.2, 0.25) is 0 Å². The fraction of sp³-hybridized carbons (Fsp3) is 0. The standard InChI is InChI=1S/C64H38N8/c65-38-41-19-23-43(24-20-41)47-27-31-59-54(35-47)50-15-7-9-17-57(50)71(59)49-29-30-52(64-69-62(45-11-3-1-4-12-45)68-63(70-64)46-13-5-2-6-14-46)53(37-49)56-40-67-34-33-61(56)72-58-18-10-8-16-51(58)55-36-48(28-32-60(55)72)44-25-21-42(39-66)22-26-44/h1-37,40H. The van der Waals surface area contributed by atoms with Gasteiger partial charge in [0, 0.05) is 61.9 Å². The summed E-state index contributed by atoms with van der Waals surface area (Å²) in [4.78, 5) is 20.5. The van der Waals surface area contributed by atoms with Gasteiger partial charge in [0.25, 0.3) is 0 Å². The summed E-state index contributed by atoms with van der Waals surface area (Å²) >= 11 is 0. The molecule has 0 N–H and O–H groups in total. The molecule has 334 valence electrons. The largest absolute Gasteiger partial charge is 0.309 e. The Balaban J connectivity index is 1.07. The second-order valence-corrected chi connectivity index (χ2v) is 17.7. The molecule has 0 aliphatic heterocycles. The molecule has 8 nitrogen and oxygen atoms in total. The van der Waals surface area contributed by atoms with E-state index in [1.54, 1.807) is 0 Å². The van der Waals surface area contributed by atoms with Crippen LogP contribution in [0.3, 0.4) is 0 Å². The molecule has 9 aromatic carbocycles. The topological polar surface area (TPSA) is 109 Å². The van der Waals surface area contributed by atoms with Crippen LogP contribution in [0.4, 0.5) is 0 Å². The lowest BCUT2D eigenvalue weighted by Gasteiger charge is -2.18. The molecule has 0 radical (unpaired) electrons. The minimum absolute atomic E-state index is 0.530. The van der Waals surface area contributed by atoms with E-state index < -0.39 is 0 Å². The number of aromatic nitrogens is 6. The third-order valence-corrected chi connectivity index (χ3v) is 13.6. The molecule has 4 heterocycles. The number of para-hydroxylation sites is 2. The van der Waals surface area contributed by atoms with Crippen LogP contribution in [0.15, 0.2) is 231 Å². The van der Waals surface area contributed by atoms with Gasteiger partial charge >= 0.3 is 0 Å². The SMILES string of the molecule is N#Cc1ccc(-c2ccc3c(c2)c2ccccc2n3-c2ccc(-c3nc(-c4ccccc4)nc(-c4ccccc4)n3)c(-c3cnccc3-n3c4ccccc4c4cc(-c5ccc(C#N)cc5)ccc43)c2)cc1. The van der Waals surface area contributed by atoms with Gasteiger partial charge in [-0.1, -0.05) is 133 Å². The van der Waals surface area contributed by atoms with Crippen molar-refractivity contribution < 1.29 is 0 Å². The average Bonchev–Trinajstić information content (AvgIpc) is 3.97. The van der Waals surface area contributed by atoms with Crippen LogP contribution < -0.4 is 0 Å². The summed E-state index contributed by atoms with van der Waals surface area (Å²) in [5, 5.41) is 23.5. The highest BCUT2D eigenvalue weighted by Gasteiger charge is 2.23. The first-order valence-corrected chi connectivity index (χ1v) is 23.6. The summed E-state index contributed by atoms with van der Waals surface area (Å²) in [5.41, 5.74) is 15.9. The number of hydrogen-bond acceptors (Lipinski definition) is 6. The molecule has 13 rings (SSSR count). The zero-order valence-corrected chi connectivity index (χ0v) is 38.5. The molecule has 0 amide bonds. The van der Waals surface area contributed by atoms with Gasteiger partial charge in [0.2, 0.25) is 0 Å². The highest BCUT2D eigenvalue weighted by atomic mass is 15.0. The molecule has 0 unspecified atom stereocenters. The van der Waals surface area contributed by atoms with Gasteiger partial charge in [-0.05, 0) is 113 Å². The Kier molecular flexibility index (Phi) is 10.1. The normalized spacial score (nSPS) is 11.3. The van der Waals surface area contributed by atoms with Crippen molar-refractivity contribution in [3.8, 4) is 91.1 Å². The van der Waals surface area contributed by atoms with Crippen molar-refractivity contribution in [2.75, 3.05) is 0 Å². The van der Waals surface area contributed by atoms with Gasteiger partial charge < -0.3 is 9.13 Å². The monoisotopic (exact) mass is 918 g/mol. The molecule has 0 bridgehead atoms. The second kappa shape index (κ2) is 17.4. The number of benzene rings is 9. The Bertz CT molecular complexity index is 4270. The molecular formula is C64H38N8. The second-order valence-electron chi connectivity index (χ2n) is 17.7. The minimum Gasteiger partial charge on any atom is -0.309 e. The highest BCUT2D eigenvalue weighted by Crippen LogP contribution is 2.43. The van der Waals surface area contributed by atoms with Crippen LogP contribution in [0.5, 0.6) is 0 Å². The summed E-state index contributed by atoms with van der Waals surface area (Å²) < 4.78 is 4.67. The number of fused-ring (bicyclic) bond motifs is 6. The first kappa shape index (κ1) is 41.9. The summed E-state index contributed by atoms with van der Waals surface area (Å²) in [6.07, 6.45) is 3.81. The molecule has 0 aliphatic carbocycles. The van der Waals surface area contributed by atoms with Gasteiger partial charge in [0.05, 0.1) is 51.0 Å². The van der Waals surface area contributed by atoms with Crippen LogP contribution >= 0.6 is 0 Å². The average molecular weight is 919 g/mol. The number of pyridine rings is 1. The van der Waals surface area contributed by atoms with Crippen LogP contribution in [0, 0.1) is 22.7 Å². The minimum atomic E-state index is 0.530. The van der Waals surface area contributed by atoms with Crippen molar-refractivity contribution in [2.45, 2.75) is 0 Å². The van der Waals surface area contributed by atoms with Gasteiger partial charge in [-0.25, -0.2) is 15.0 Å². The molecule has 0 atom stereocenters. The zero-order valence-electron chi connectivity index (χ0n) is 38.5. The van der Waals surface area contributed by atoms with Crippen molar-refractivity contribution in [1.82, 2.24) is 29.1 Å². The molecule has 0 saturated carbocycles. The smallest absolute Gasteiger partial charge is 0.164 e. The number of nitriles is 2. The summed E-state index contributed by atoms with van der Waals surface area (Å²) in [5.74, 6) is 1.67. The van der Waals surface area contributed by atoms with Gasteiger partial charge in [-0.2, -0.15) is 10.5 Å². The van der Waals surface area contributed by atoms with Crippen LogP contribution in [-0.2, 0) is 0 Å². The van der Waals surface area contributed by atoms with Crippen LogP contribution in [0.1, 0.15) is 11.1 Å². The predicted octanol–water partition coefficient (Wildman–Crippen LogP) is 15.2. The van der Waals surface area contributed by atoms with Crippen LogP contribution in [0.25, 0.3) is 123 Å². The molecule has 0 aliphatic rings. The van der Waals surface area contributed by atoms with Gasteiger partial charge in [-0.3, -0.25) is 4.98 Å². The maximum atomic E-state index is 9.51. The first-order valence-electron chi connectivity index (χ1n) is 23.6. The lowest BCUT2D eigenvalue weighted by Crippen LogP contribution is -2.04. The van der Waals surface area contributed by atoms with Crippen LogP contribution in [-0.4, -0.2) is 29.1 Å². The van der Waals surface area contributed by atoms with E-state index >= 15 is 0 Å². The van der Waals surface area contributed by atoms with Crippen molar-refractivity contribution in [1.29, 1.82) is 10.5 Å². The predicted molar refractivity (Wildman–Crippen MR) is 288 cm³/mol. The quantitative estimate of drug-likeness (QED) is 0.150. The van der Waals surface area contributed by atoms with Crippen molar-refractivity contribution in [2.24, 2.45) is 0 Å². The van der Waals surface area contributed by atoms with E-state index in [0.29, 0.717) is 28.6 Å². The van der Waals surface area contributed by atoms with E-state index in [2.05, 4.69) is 130 Å². The number of rotatable bonds is 8. The van der Waals surface area contributed by atoms with E-state index in [1.165, 1.54) is 0 Å². The van der Waals surface area contributed by atoms with Gasteiger partial charge in [-0.15, -0.1) is 0 Å². The summed E-state index contributed by atoms with van der Waals surface area (Å²) in [7, 11) is 0. The Hall–Kier alpha value is -10.3. The van der Waals surface area contributed by atoms with E-state index in [0.717, 1.165) is 105 Å². The van der Waals surface area contributed by atoms with Crippen molar-refractivity contribution in [3.63, 3.8) is 0 Å². The maximum Gasteiger partial charge on any atom is 0.164 e. The molecule has 72 heavy (non-hydrogen) atoms. The Morgan fingerprint density at radius 2 is 0.806 bits per heavy atom. The van der Waals surface area contributed by atoms with E-state index in [1.807, 2.05) is 122 Å². The zero-order chi connectivity index (χ0) is 48.1. The van der Waals surface area contributed by atoms with E-state index in [9.17, 15) is 10.5 Å². The Morgan fingerprint density at radius 1 is 0.333 bits per heavy atom. The highest BCUT2D eigenvalue weighted by molar-refractivity contribution is 6.12. The molecule has 0 spiro atoms. The molecule has 0 fully saturated rings. The fourth-order valence-corrected chi connectivity index (χ4v) is 10.1. The fourth-order valence-electron chi connectivity index (χ4n) is 10.1. The van der Waals surface area contributed by atoms with Gasteiger partial charge in [0.15, 0.2) is 17.5 Å². The third kappa shape index (κ3) is 7.15. The molecule has 4 aromatic heterocycles. The Morgan fingerprint density at radius 3 is 1.36 bits per heavy atom. The molecule has 13 aromatic rings. The lowest BCUT2D eigenvalue weighted by atomic mass is 9.97. The molecule has 0 saturated heterocycles. The van der Waals surface area contributed by atoms with Crippen molar-refractivity contribution >= 4 is 43.6 Å². The Labute approximate surface area is 414 Å². The molecule has 8 heteroatoms. The first-order chi connectivity index (χ1) is 35.6. The maximum absolute atomic E-state index is 9.51. The molecular weight excluding hydrogens is 881 g/mol. The van der Waals surface area contributed by atoms with E-state index in [4.69, 9.17) is 19.9 Å². The summed E-state index contributed by atoms with van der Waals surface area (Å²) in [6.45, 7) is 0. The number of nitrogens with zero attached hydrogens (tertiary/aromatic N) is 8. The third-order valence-electron chi connectivity index (χ3n) is 13.6.